The molecular formula is C23H21N3O3. The maximum absolute atomic E-state index is 12.6. The maximum Gasteiger partial charge on any atom is 0.255 e. The molecule has 0 radical (unpaired) electrons. The maximum atomic E-state index is 12.6. The molecule has 0 spiro atoms. The van der Waals surface area contributed by atoms with E-state index in [-0.39, 0.29) is 5.91 Å². The highest BCUT2D eigenvalue weighted by Gasteiger charge is 2.11. The summed E-state index contributed by atoms with van der Waals surface area (Å²) in [4.78, 5) is 17.3. The summed E-state index contributed by atoms with van der Waals surface area (Å²) in [5.41, 5.74) is 5.08. The lowest BCUT2D eigenvalue weighted by molar-refractivity contribution is 0.102. The number of amides is 1. The second-order valence-electron chi connectivity index (χ2n) is 6.68. The average Bonchev–Trinajstić information content (AvgIpc) is 3.19. The summed E-state index contributed by atoms with van der Waals surface area (Å²) in [7, 11) is 3.10. The van der Waals surface area contributed by atoms with Crippen LogP contribution in [0.3, 0.4) is 0 Å². The standard InChI is InChI=1S/C23H21N3O3/c1-15-5-4-10-26-14-21(25-22(15)26)16-6-8-18(9-7-16)24-23(27)17-11-19(28-2)13-20(12-17)29-3/h4-14H,1-3H3,(H,24,27). The van der Waals surface area contributed by atoms with Gasteiger partial charge in [0.1, 0.15) is 17.1 Å². The van der Waals surface area contributed by atoms with Crippen LogP contribution in [0.4, 0.5) is 5.69 Å². The van der Waals surface area contributed by atoms with Gasteiger partial charge in [0.2, 0.25) is 0 Å². The Balaban J connectivity index is 1.55. The summed E-state index contributed by atoms with van der Waals surface area (Å²) >= 11 is 0. The van der Waals surface area contributed by atoms with Crippen molar-refractivity contribution >= 4 is 17.2 Å². The van der Waals surface area contributed by atoms with Crippen molar-refractivity contribution in [2.45, 2.75) is 6.92 Å². The number of carbonyl (C=O) groups excluding carboxylic acids is 1. The number of aromatic nitrogens is 2. The van der Waals surface area contributed by atoms with E-state index in [9.17, 15) is 4.79 Å². The van der Waals surface area contributed by atoms with Gasteiger partial charge in [-0.15, -0.1) is 0 Å². The lowest BCUT2D eigenvalue weighted by Gasteiger charge is -2.09. The summed E-state index contributed by atoms with van der Waals surface area (Å²) < 4.78 is 12.5. The molecule has 0 fully saturated rings. The minimum atomic E-state index is -0.238. The predicted octanol–water partition coefficient (Wildman–Crippen LogP) is 4.58. The molecule has 1 amide bonds. The Hall–Kier alpha value is -3.80. The van der Waals surface area contributed by atoms with E-state index in [0.717, 1.165) is 22.5 Å². The number of hydrogen-bond acceptors (Lipinski definition) is 4. The van der Waals surface area contributed by atoms with E-state index >= 15 is 0 Å². The third-order valence-electron chi connectivity index (χ3n) is 4.73. The molecule has 1 N–H and O–H groups in total. The van der Waals surface area contributed by atoms with Gasteiger partial charge in [-0.2, -0.15) is 0 Å². The van der Waals surface area contributed by atoms with Gasteiger partial charge >= 0.3 is 0 Å². The lowest BCUT2D eigenvalue weighted by Crippen LogP contribution is -2.12. The number of rotatable bonds is 5. The van der Waals surface area contributed by atoms with Crippen LogP contribution in [-0.4, -0.2) is 29.5 Å². The second kappa shape index (κ2) is 7.67. The molecule has 0 aliphatic carbocycles. The van der Waals surface area contributed by atoms with Crippen LogP contribution < -0.4 is 14.8 Å². The van der Waals surface area contributed by atoms with Crippen LogP contribution in [0.1, 0.15) is 15.9 Å². The molecule has 2 aromatic heterocycles. The van der Waals surface area contributed by atoms with Gasteiger partial charge < -0.3 is 19.2 Å². The molecule has 2 heterocycles. The number of nitrogens with one attached hydrogen (secondary N) is 1. The number of carbonyl (C=O) groups is 1. The van der Waals surface area contributed by atoms with Gasteiger partial charge in [-0.1, -0.05) is 18.2 Å². The molecule has 0 bridgehead atoms. The zero-order chi connectivity index (χ0) is 20.4. The molecule has 0 aliphatic heterocycles. The normalized spacial score (nSPS) is 10.7. The number of pyridine rings is 1. The van der Waals surface area contributed by atoms with Gasteiger partial charge in [0, 0.05) is 35.3 Å². The lowest BCUT2D eigenvalue weighted by atomic mass is 10.1. The summed E-state index contributed by atoms with van der Waals surface area (Å²) in [5.74, 6) is 0.886. The Kier molecular flexibility index (Phi) is 4.91. The number of anilines is 1. The topological polar surface area (TPSA) is 64.9 Å². The smallest absolute Gasteiger partial charge is 0.255 e. The Bertz CT molecular complexity index is 1160. The number of hydrogen-bond donors (Lipinski definition) is 1. The van der Waals surface area contributed by atoms with Crippen molar-refractivity contribution < 1.29 is 14.3 Å². The van der Waals surface area contributed by atoms with Gasteiger partial charge in [0.05, 0.1) is 19.9 Å². The molecule has 6 nitrogen and oxygen atoms in total. The van der Waals surface area contributed by atoms with E-state index < -0.39 is 0 Å². The average molecular weight is 387 g/mol. The molecule has 2 aromatic carbocycles. The van der Waals surface area contributed by atoms with Crippen LogP contribution in [0.25, 0.3) is 16.9 Å². The number of fused-ring (bicyclic) bond motifs is 1. The molecule has 0 saturated carbocycles. The van der Waals surface area contributed by atoms with Gasteiger partial charge in [-0.3, -0.25) is 4.79 Å². The zero-order valence-corrected chi connectivity index (χ0v) is 16.5. The van der Waals surface area contributed by atoms with Crippen LogP contribution in [0, 0.1) is 6.92 Å². The van der Waals surface area contributed by atoms with E-state index in [1.54, 1.807) is 32.4 Å². The molecular weight excluding hydrogens is 366 g/mol. The number of ether oxygens (including phenoxy) is 2. The van der Waals surface area contributed by atoms with Crippen LogP contribution in [0.15, 0.2) is 67.0 Å². The Morgan fingerprint density at radius 3 is 2.31 bits per heavy atom. The first-order chi connectivity index (χ1) is 14.1. The van der Waals surface area contributed by atoms with Crippen LogP contribution in [-0.2, 0) is 0 Å². The van der Waals surface area contributed by atoms with Gasteiger partial charge in [0.15, 0.2) is 0 Å². The molecule has 4 aromatic rings. The van der Waals surface area contributed by atoms with Crippen molar-refractivity contribution in [3.8, 4) is 22.8 Å². The number of aryl methyl sites for hydroxylation is 1. The van der Waals surface area contributed by atoms with Crippen LogP contribution in [0.2, 0.25) is 0 Å². The fourth-order valence-corrected chi connectivity index (χ4v) is 3.16. The molecule has 0 unspecified atom stereocenters. The highest BCUT2D eigenvalue weighted by molar-refractivity contribution is 6.04. The summed E-state index contributed by atoms with van der Waals surface area (Å²) in [6.07, 6.45) is 3.98. The van der Waals surface area contributed by atoms with Gasteiger partial charge in [0.25, 0.3) is 5.91 Å². The number of nitrogens with zero attached hydrogens (tertiary/aromatic N) is 2. The van der Waals surface area contributed by atoms with Crippen molar-refractivity contribution in [1.29, 1.82) is 0 Å². The second-order valence-corrected chi connectivity index (χ2v) is 6.68. The molecule has 29 heavy (non-hydrogen) atoms. The quantitative estimate of drug-likeness (QED) is 0.544. The molecule has 6 heteroatoms. The fourth-order valence-electron chi connectivity index (χ4n) is 3.16. The first kappa shape index (κ1) is 18.6. The minimum Gasteiger partial charge on any atom is -0.497 e. The number of benzene rings is 2. The predicted molar refractivity (Wildman–Crippen MR) is 113 cm³/mol. The van der Waals surface area contributed by atoms with Crippen molar-refractivity contribution in [1.82, 2.24) is 9.38 Å². The monoisotopic (exact) mass is 387 g/mol. The van der Waals surface area contributed by atoms with E-state index in [4.69, 9.17) is 14.5 Å². The number of imidazole rings is 1. The van der Waals surface area contributed by atoms with E-state index in [1.165, 1.54) is 0 Å². The molecule has 0 aliphatic rings. The van der Waals surface area contributed by atoms with Crippen LogP contribution >= 0.6 is 0 Å². The van der Waals surface area contributed by atoms with Crippen molar-refractivity contribution in [2.75, 3.05) is 19.5 Å². The highest BCUT2D eigenvalue weighted by Crippen LogP contribution is 2.25. The third-order valence-corrected chi connectivity index (χ3v) is 4.73. The van der Waals surface area contributed by atoms with E-state index in [1.807, 2.05) is 60.1 Å². The SMILES string of the molecule is COc1cc(OC)cc(C(=O)Nc2ccc(-c3cn4cccc(C)c4n3)cc2)c1. The fraction of sp³-hybridized carbons (Fsp3) is 0.130. The van der Waals surface area contributed by atoms with Crippen molar-refractivity contribution in [3.63, 3.8) is 0 Å². The Morgan fingerprint density at radius 1 is 1.00 bits per heavy atom. The highest BCUT2D eigenvalue weighted by atomic mass is 16.5. The summed E-state index contributed by atoms with van der Waals surface area (Å²) in [6, 6.07) is 16.7. The van der Waals surface area contributed by atoms with E-state index in [2.05, 4.69) is 5.32 Å². The largest absolute Gasteiger partial charge is 0.497 e. The van der Waals surface area contributed by atoms with Gasteiger partial charge in [-0.05, 0) is 42.8 Å². The molecule has 146 valence electrons. The van der Waals surface area contributed by atoms with Crippen molar-refractivity contribution in [3.05, 3.63) is 78.1 Å². The molecule has 0 atom stereocenters. The van der Waals surface area contributed by atoms with Gasteiger partial charge in [-0.25, -0.2) is 4.98 Å². The zero-order valence-electron chi connectivity index (χ0n) is 16.5. The Labute approximate surface area is 168 Å². The summed E-state index contributed by atoms with van der Waals surface area (Å²) in [6.45, 7) is 2.04. The molecule has 0 saturated heterocycles. The van der Waals surface area contributed by atoms with E-state index in [0.29, 0.717) is 22.7 Å². The Morgan fingerprint density at radius 2 is 1.69 bits per heavy atom. The minimum absolute atomic E-state index is 0.238. The third kappa shape index (κ3) is 3.78. The number of methoxy groups -OCH3 is 2. The summed E-state index contributed by atoms with van der Waals surface area (Å²) in [5, 5.41) is 2.90. The van der Waals surface area contributed by atoms with Crippen LogP contribution in [0.5, 0.6) is 11.5 Å². The van der Waals surface area contributed by atoms with Crippen molar-refractivity contribution in [2.24, 2.45) is 0 Å². The first-order valence-corrected chi connectivity index (χ1v) is 9.16. The molecule has 4 rings (SSSR count). The first-order valence-electron chi connectivity index (χ1n) is 9.16.